The Morgan fingerprint density at radius 1 is 0.963 bits per heavy atom. The number of hydrogen-bond donors (Lipinski definition) is 1. The molecule has 27 heavy (non-hydrogen) atoms. The number of aryl methyl sites for hydroxylation is 2. The maximum Gasteiger partial charge on any atom is 0.474 e. The predicted octanol–water partition coefficient (Wildman–Crippen LogP) is 5.41. The first-order chi connectivity index (χ1) is 13.0. The molecular formula is C21H36NO4P. The highest BCUT2D eigenvalue weighted by Crippen LogP contribution is 2.53. The number of rotatable bonds is 12. The van der Waals surface area contributed by atoms with Crippen LogP contribution in [0.15, 0.2) is 24.3 Å². The normalized spacial score (nSPS) is 25.6. The van der Waals surface area contributed by atoms with Crippen LogP contribution < -0.4 is 5.73 Å². The van der Waals surface area contributed by atoms with Crippen LogP contribution in [0.25, 0.3) is 0 Å². The van der Waals surface area contributed by atoms with Gasteiger partial charge in [-0.2, -0.15) is 0 Å². The maximum absolute atomic E-state index is 12.1. The van der Waals surface area contributed by atoms with Gasteiger partial charge in [0.1, 0.15) is 0 Å². The summed E-state index contributed by atoms with van der Waals surface area (Å²) in [5.74, 6) is 0. The van der Waals surface area contributed by atoms with Gasteiger partial charge in [0.2, 0.25) is 0 Å². The van der Waals surface area contributed by atoms with Crippen LogP contribution >= 0.6 is 7.82 Å². The second-order valence-electron chi connectivity index (χ2n) is 7.61. The summed E-state index contributed by atoms with van der Waals surface area (Å²) < 4.78 is 27.7. The largest absolute Gasteiger partial charge is 0.474 e. The van der Waals surface area contributed by atoms with Gasteiger partial charge < -0.3 is 5.73 Å². The monoisotopic (exact) mass is 397 g/mol. The zero-order valence-electron chi connectivity index (χ0n) is 17.0. The molecule has 5 nitrogen and oxygen atoms in total. The van der Waals surface area contributed by atoms with Gasteiger partial charge in [-0.3, -0.25) is 13.6 Å². The molecule has 0 aliphatic carbocycles. The lowest BCUT2D eigenvalue weighted by Crippen LogP contribution is -2.51. The third-order valence-corrected chi connectivity index (χ3v) is 6.53. The molecular weight excluding hydrogens is 361 g/mol. The number of phosphoric ester groups is 1. The van der Waals surface area contributed by atoms with Crippen molar-refractivity contribution in [3.05, 3.63) is 35.4 Å². The summed E-state index contributed by atoms with van der Waals surface area (Å²) in [4.78, 5) is 0. The minimum absolute atomic E-state index is 0.195. The Labute approximate surface area is 164 Å². The van der Waals surface area contributed by atoms with Crippen LogP contribution in [-0.2, 0) is 31.0 Å². The Bertz CT molecular complexity index is 578. The van der Waals surface area contributed by atoms with Crippen LogP contribution in [0.4, 0.5) is 0 Å². The first kappa shape index (κ1) is 22.6. The molecule has 0 aromatic heterocycles. The smallest absolute Gasteiger partial charge is 0.321 e. The van der Waals surface area contributed by atoms with Gasteiger partial charge in [0.15, 0.2) is 0 Å². The molecule has 1 saturated heterocycles. The molecule has 1 fully saturated rings. The lowest BCUT2D eigenvalue weighted by Gasteiger charge is -2.35. The molecule has 0 bridgehead atoms. The Morgan fingerprint density at radius 3 is 2.11 bits per heavy atom. The summed E-state index contributed by atoms with van der Waals surface area (Å²) >= 11 is 0. The third-order valence-electron chi connectivity index (χ3n) is 5.06. The average Bonchev–Trinajstić information content (AvgIpc) is 2.67. The number of nitrogens with two attached hydrogens (primary N) is 1. The van der Waals surface area contributed by atoms with E-state index in [0.29, 0.717) is 6.61 Å². The van der Waals surface area contributed by atoms with E-state index >= 15 is 0 Å². The summed E-state index contributed by atoms with van der Waals surface area (Å²) in [6.07, 6.45) is 10.7. The first-order valence-electron chi connectivity index (χ1n) is 10.4. The van der Waals surface area contributed by atoms with Gasteiger partial charge in [0.05, 0.1) is 25.4 Å². The Hall–Kier alpha value is -0.710. The van der Waals surface area contributed by atoms with E-state index in [0.717, 1.165) is 19.3 Å². The number of hydrogen-bond acceptors (Lipinski definition) is 5. The maximum atomic E-state index is 12.1. The quantitative estimate of drug-likeness (QED) is 0.377. The van der Waals surface area contributed by atoms with E-state index in [1.165, 1.54) is 49.7 Å². The zero-order valence-corrected chi connectivity index (χ0v) is 17.8. The van der Waals surface area contributed by atoms with Crippen molar-refractivity contribution in [3.8, 4) is 0 Å². The molecule has 0 atom stereocenters. The fraction of sp³-hybridized carbons (Fsp3) is 0.714. The summed E-state index contributed by atoms with van der Waals surface area (Å²) in [6, 6.07) is 8.82. The summed E-state index contributed by atoms with van der Waals surface area (Å²) in [7, 11) is -3.40. The molecule has 1 aromatic carbocycles. The van der Waals surface area contributed by atoms with E-state index in [1.807, 2.05) is 0 Å². The van der Waals surface area contributed by atoms with E-state index < -0.39 is 13.4 Å². The minimum Gasteiger partial charge on any atom is -0.321 e. The molecule has 6 heteroatoms. The van der Waals surface area contributed by atoms with E-state index in [4.69, 9.17) is 19.3 Å². The van der Waals surface area contributed by atoms with Crippen molar-refractivity contribution in [2.45, 2.75) is 77.2 Å². The van der Waals surface area contributed by atoms with Crippen molar-refractivity contribution in [3.63, 3.8) is 0 Å². The molecule has 0 unspecified atom stereocenters. The number of unbranched alkanes of at least 4 members (excludes halogenated alkanes) is 5. The lowest BCUT2D eigenvalue weighted by molar-refractivity contribution is 0.0231. The summed E-state index contributed by atoms with van der Waals surface area (Å²) in [5, 5.41) is 0. The minimum atomic E-state index is -3.40. The number of benzene rings is 1. The molecule has 1 aliphatic heterocycles. The van der Waals surface area contributed by atoms with Gasteiger partial charge in [-0.1, -0.05) is 63.3 Å². The van der Waals surface area contributed by atoms with E-state index in [-0.39, 0.29) is 13.2 Å². The highest BCUT2D eigenvalue weighted by molar-refractivity contribution is 7.48. The highest BCUT2D eigenvalue weighted by Gasteiger charge is 2.40. The van der Waals surface area contributed by atoms with Crippen molar-refractivity contribution >= 4 is 7.82 Å². The molecule has 2 N–H and O–H groups in total. The van der Waals surface area contributed by atoms with Crippen LogP contribution in [0.1, 0.15) is 69.9 Å². The van der Waals surface area contributed by atoms with Crippen LogP contribution in [0.2, 0.25) is 0 Å². The zero-order chi connectivity index (χ0) is 19.6. The van der Waals surface area contributed by atoms with Gasteiger partial charge in [-0.05, 0) is 43.7 Å². The molecule has 0 saturated carbocycles. The van der Waals surface area contributed by atoms with Crippen LogP contribution in [0.5, 0.6) is 0 Å². The molecule has 0 radical (unpaired) electrons. The molecule has 1 heterocycles. The standard InChI is InChI=1S/C21H36NO4P/c1-3-5-6-7-8-9-10-19-11-13-20(14-12-19)15-16-21(22)17-25-27(23,24-4-2)26-18-21/h11-14H,3-10,15-18,22H2,1-2H3. The van der Waals surface area contributed by atoms with Gasteiger partial charge >= 0.3 is 7.82 Å². The van der Waals surface area contributed by atoms with Crippen molar-refractivity contribution < 1.29 is 18.1 Å². The van der Waals surface area contributed by atoms with Crippen molar-refractivity contribution in [1.29, 1.82) is 0 Å². The van der Waals surface area contributed by atoms with E-state index in [9.17, 15) is 4.57 Å². The third kappa shape index (κ3) is 8.05. The average molecular weight is 397 g/mol. The van der Waals surface area contributed by atoms with Crippen molar-refractivity contribution in [2.75, 3.05) is 19.8 Å². The first-order valence-corrected chi connectivity index (χ1v) is 11.8. The number of phosphoric acid groups is 1. The second kappa shape index (κ2) is 11.3. The lowest BCUT2D eigenvalue weighted by atomic mass is 9.93. The van der Waals surface area contributed by atoms with Gasteiger partial charge in [0.25, 0.3) is 0 Å². The summed E-state index contributed by atoms with van der Waals surface area (Å²) in [6.45, 7) is 4.69. The fourth-order valence-electron chi connectivity index (χ4n) is 3.25. The molecule has 0 spiro atoms. The summed E-state index contributed by atoms with van der Waals surface area (Å²) in [5.41, 5.74) is 8.38. The molecule has 0 amide bonds. The van der Waals surface area contributed by atoms with Gasteiger partial charge in [-0.25, -0.2) is 4.57 Å². The van der Waals surface area contributed by atoms with E-state index in [2.05, 4.69) is 31.2 Å². The Morgan fingerprint density at radius 2 is 1.52 bits per heavy atom. The van der Waals surface area contributed by atoms with Gasteiger partial charge in [-0.15, -0.1) is 0 Å². The van der Waals surface area contributed by atoms with Crippen LogP contribution in [0.3, 0.4) is 0 Å². The Balaban J connectivity index is 1.70. The topological polar surface area (TPSA) is 70.8 Å². The molecule has 1 aliphatic rings. The predicted molar refractivity (Wildman–Crippen MR) is 110 cm³/mol. The van der Waals surface area contributed by atoms with E-state index in [1.54, 1.807) is 6.92 Å². The molecule has 2 rings (SSSR count). The van der Waals surface area contributed by atoms with Crippen LogP contribution in [0, 0.1) is 0 Å². The Kier molecular flexibility index (Phi) is 9.47. The van der Waals surface area contributed by atoms with Crippen molar-refractivity contribution in [2.24, 2.45) is 5.73 Å². The SMILES string of the molecule is CCCCCCCCc1ccc(CCC2(N)COP(=O)(OCC)OC2)cc1. The van der Waals surface area contributed by atoms with Gasteiger partial charge in [0, 0.05) is 0 Å². The molecule has 1 aromatic rings. The highest BCUT2D eigenvalue weighted by atomic mass is 31.2. The second-order valence-corrected chi connectivity index (χ2v) is 9.28. The van der Waals surface area contributed by atoms with Crippen LogP contribution in [-0.4, -0.2) is 25.4 Å². The van der Waals surface area contributed by atoms with Crippen molar-refractivity contribution in [1.82, 2.24) is 0 Å². The molecule has 154 valence electrons. The fourth-order valence-corrected chi connectivity index (χ4v) is 4.62.